The van der Waals surface area contributed by atoms with Gasteiger partial charge in [0.1, 0.15) is 11.6 Å². The van der Waals surface area contributed by atoms with E-state index < -0.39 is 28.5 Å². The summed E-state index contributed by atoms with van der Waals surface area (Å²) in [4.78, 5) is 14.9. The Hall–Kier alpha value is -3.09. The lowest BCUT2D eigenvalue weighted by Gasteiger charge is -2.13. The Balaban J connectivity index is 1.82. The van der Waals surface area contributed by atoms with Gasteiger partial charge in [-0.1, -0.05) is 18.1 Å². The molecule has 0 aliphatic heterocycles. The average Bonchev–Trinajstić information content (AvgIpc) is 2.70. The highest BCUT2D eigenvalue weighted by Gasteiger charge is 2.21. The van der Waals surface area contributed by atoms with E-state index in [1.165, 1.54) is 12.1 Å². The number of terminal acetylenes is 1. The fourth-order valence-corrected chi connectivity index (χ4v) is 3.59. The quantitative estimate of drug-likeness (QED) is 0.358. The maximum atomic E-state index is 12.4. The van der Waals surface area contributed by atoms with Crippen molar-refractivity contribution in [2.75, 3.05) is 18.5 Å². The van der Waals surface area contributed by atoms with Crippen LogP contribution in [-0.2, 0) is 14.8 Å². The minimum atomic E-state index is -3.96. The molecule has 8 nitrogen and oxygen atoms in total. The molecule has 1 heterocycles. The summed E-state index contributed by atoms with van der Waals surface area (Å²) < 4.78 is 32.7. The van der Waals surface area contributed by atoms with Crippen LogP contribution in [0, 0.1) is 12.3 Å². The van der Waals surface area contributed by atoms with E-state index in [-0.39, 0.29) is 4.90 Å². The van der Waals surface area contributed by atoms with Crippen LogP contribution < -0.4 is 14.8 Å². The molecule has 0 aliphatic carbocycles. The molecule has 1 aromatic carbocycles. The molecule has 0 saturated carbocycles. The molecule has 154 valence electrons. The molecule has 0 unspecified atom stereocenters. The molecule has 29 heavy (non-hydrogen) atoms. The van der Waals surface area contributed by atoms with E-state index in [4.69, 9.17) is 16.3 Å². The Labute approximate surface area is 170 Å². The molecule has 0 fully saturated rings. The van der Waals surface area contributed by atoms with E-state index in [0.717, 1.165) is 25.2 Å². The number of carboxylic acid groups (broad SMARTS) is 1. The predicted octanol–water partition coefficient (Wildman–Crippen LogP) is 2.11. The van der Waals surface area contributed by atoms with Crippen LogP contribution in [0.1, 0.15) is 19.3 Å². The highest BCUT2D eigenvalue weighted by Crippen LogP contribution is 2.18. The van der Waals surface area contributed by atoms with Gasteiger partial charge in [0.15, 0.2) is 0 Å². The smallest absolute Gasteiger partial charge is 0.305 e. The number of unbranched alkanes of at least 4 members (excludes halogenated alkanes) is 1. The van der Waals surface area contributed by atoms with Gasteiger partial charge in [0.2, 0.25) is 10.0 Å². The number of aromatic nitrogens is 1. The topological polar surface area (TPSA) is 118 Å². The first kappa shape index (κ1) is 22.2. The Kier molecular flexibility index (Phi) is 8.45. The van der Waals surface area contributed by atoms with Gasteiger partial charge in [-0.15, -0.1) is 6.42 Å². The lowest BCUT2D eigenvalue weighted by molar-refractivity contribution is -0.137. The van der Waals surface area contributed by atoms with Crippen LogP contribution in [-0.4, -0.2) is 43.7 Å². The van der Waals surface area contributed by atoms with Crippen molar-refractivity contribution in [2.45, 2.75) is 30.2 Å². The summed E-state index contributed by atoms with van der Waals surface area (Å²) in [6, 6.07) is 10.5. The van der Waals surface area contributed by atoms with Gasteiger partial charge in [0.25, 0.3) is 0 Å². The number of hydrogen-bond acceptors (Lipinski definition) is 6. The van der Waals surface area contributed by atoms with E-state index >= 15 is 0 Å². The first-order valence-corrected chi connectivity index (χ1v) is 10.5. The predicted molar refractivity (Wildman–Crippen MR) is 109 cm³/mol. The molecule has 0 saturated heterocycles. The van der Waals surface area contributed by atoms with Gasteiger partial charge >= 0.3 is 5.97 Å². The molecule has 9 heteroatoms. The van der Waals surface area contributed by atoms with Gasteiger partial charge in [0.05, 0.1) is 24.0 Å². The van der Waals surface area contributed by atoms with Crippen molar-refractivity contribution < 1.29 is 23.1 Å². The van der Waals surface area contributed by atoms with Crippen molar-refractivity contribution in [3.05, 3.63) is 48.7 Å². The Bertz CT molecular complexity index is 942. The molecule has 1 atom stereocenters. The first-order chi connectivity index (χ1) is 13.9. The van der Waals surface area contributed by atoms with Gasteiger partial charge in [-0.2, -0.15) is 4.72 Å². The summed E-state index contributed by atoms with van der Waals surface area (Å²) in [7, 11) is -3.96. The summed E-state index contributed by atoms with van der Waals surface area (Å²) in [6.07, 6.45) is 8.05. The highest BCUT2D eigenvalue weighted by molar-refractivity contribution is 7.89. The lowest BCUT2D eigenvalue weighted by Crippen LogP contribution is -2.35. The van der Waals surface area contributed by atoms with Crippen LogP contribution >= 0.6 is 0 Å². The Morgan fingerprint density at radius 3 is 2.76 bits per heavy atom. The number of ether oxygens (including phenoxy) is 1. The maximum absolute atomic E-state index is 12.4. The number of benzene rings is 1. The number of rotatable bonds is 12. The van der Waals surface area contributed by atoms with Crippen molar-refractivity contribution in [3.8, 4) is 18.1 Å². The largest absolute Gasteiger partial charge is 0.494 e. The fraction of sp³-hybridized carbons (Fsp3) is 0.300. The van der Waals surface area contributed by atoms with Crippen LogP contribution in [0.4, 0.5) is 5.82 Å². The van der Waals surface area contributed by atoms with E-state index in [1.54, 1.807) is 18.3 Å². The number of nitrogens with zero attached hydrogens (tertiary/aromatic N) is 1. The zero-order valence-electron chi connectivity index (χ0n) is 15.7. The van der Waals surface area contributed by atoms with Crippen molar-refractivity contribution in [3.63, 3.8) is 0 Å². The number of carbonyl (C=O) groups is 1. The van der Waals surface area contributed by atoms with Gasteiger partial charge in [-0.25, -0.2) is 13.4 Å². The normalized spacial score (nSPS) is 12.0. The van der Waals surface area contributed by atoms with Crippen molar-refractivity contribution in [1.29, 1.82) is 0 Å². The van der Waals surface area contributed by atoms with Crippen molar-refractivity contribution in [1.82, 2.24) is 9.71 Å². The molecule has 0 radical (unpaired) electrons. The third-order valence-corrected chi connectivity index (χ3v) is 5.27. The molecular formula is C20H23N3O5S. The minimum absolute atomic E-state index is 0.0440. The molecule has 3 N–H and O–H groups in total. The van der Waals surface area contributed by atoms with Gasteiger partial charge in [0, 0.05) is 18.8 Å². The SMILES string of the molecule is C#C[C@H](CC(=O)O)NS(=O)(=O)c1cccc(OCCCCNc2ccccn2)c1. The second-order valence-corrected chi connectivity index (χ2v) is 7.82. The Morgan fingerprint density at radius 2 is 2.07 bits per heavy atom. The summed E-state index contributed by atoms with van der Waals surface area (Å²) >= 11 is 0. The lowest BCUT2D eigenvalue weighted by atomic mass is 10.2. The number of carboxylic acids is 1. The summed E-state index contributed by atoms with van der Waals surface area (Å²) in [6.45, 7) is 1.17. The molecule has 2 rings (SSSR count). The summed E-state index contributed by atoms with van der Waals surface area (Å²) in [5.41, 5.74) is 0. The van der Waals surface area contributed by atoms with E-state index in [1.807, 2.05) is 18.2 Å². The number of sulfonamides is 1. The third kappa shape index (κ3) is 7.81. The second-order valence-electron chi connectivity index (χ2n) is 6.11. The molecular weight excluding hydrogens is 394 g/mol. The highest BCUT2D eigenvalue weighted by atomic mass is 32.2. The number of aliphatic carboxylic acids is 1. The average molecular weight is 417 g/mol. The Morgan fingerprint density at radius 1 is 1.24 bits per heavy atom. The standard InChI is InChI=1S/C20H23N3O5S/c1-2-16(14-20(24)25)23-29(26,27)18-9-7-8-17(15-18)28-13-6-5-12-22-19-10-3-4-11-21-19/h1,3-4,7-11,15-16,23H,5-6,12-14H2,(H,21,22)(H,24,25)/t16-/m1/s1. The number of anilines is 1. The van der Waals surface area contributed by atoms with Gasteiger partial charge in [-0.3, -0.25) is 4.79 Å². The van der Waals surface area contributed by atoms with Crippen LogP contribution in [0.25, 0.3) is 0 Å². The molecule has 1 aromatic heterocycles. The fourth-order valence-electron chi connectivity index (χ4n) is 2.40. The van der Waals surface area contributed by atoms with Gasteiger partial charge in [-0.05, 0) is 37.1 Å². The van der Waals surface area contributed by atoms with E-state index in [9.17, 15) is 13.2 Å². The second kappa shape index (κ2) is 11.0. The molecule has 0 bridgehead atoms. The zero-order chi connectivity index (χ0) is 21.1. The minimum Gasteiger partial charge on any atom is -0.494 e. The molecule has 2 aromatic rings. The monoisotopic (exact) mass is 417 g/mol. The van der Waals surface area contributed by atoms with Gasteiger partial charge < -0.3 is 15.2 Å². The molecule has 0 amide bonds. The third-order valence-electron chi connectivity index (χ3n) is 3.80. The number of pyridine rings is 1. The van der Waals surface area contributed by atoms with Crippen molar-refractivity contribution in [2.24, 2.45) is 0 Å². The summed E-state index contributed by atoms with van der Waals surface area (Å²) in [5, 5.41) is 12.0. The molecule has 0 spiro atoms. The van der Waals surface area contributed by atoms with Crippen LogP contribution in [0.15, 0.2) is 53.6 Å². The summed E-state index contributed by atoms with van der Waals surface area (Å²) in [5.74, 6) is 2.15. The van der Waals surface area contributed by atoms with Crippen LogP contribution in [0.2, 0.25) is 0 Å². The van der Waals surface area contributed by atoms with E-state index in [0.29, 0.717) is 12.4 Å². The maximum Gasteiger partial charge on any atom is 0.305 e. The molecule has 0 aliphatic rings. The van der Waals surface area contributed by atoms with Crippen LogP contribution in [0.3, 0.4) is 0 Å². The van der Waals surface area contributed by atoms with Crippen LogP contribution in [0.5, 0.6) is 5.75 Å². The van der Waals surface area contributed by atoms with Crippen molar-refractivity contribution >= 4 is 21.8 Å². The van der Waals surface area contributed by atoms with E-state index in [2.05, 4.69) is 20.9 Å². The number of hydrogen-bond donors (Lipinski definition) is 3. The first-order valence-electron chi connectivity index (χ1n) is 8.99. The number of nitrogens with one attached hydrogen (secondary N) is 2. The zero-order valence-corrected chi connectivity index (χ0v) is 16.6.